The van der Waals surface area contributed by atoms with Crippen molar-refractivity contribution in [3.8, 4) is 11.5 Å². The molecule has 3 rings (SSSR count). The minimum absolute atomic E-state index is 0.0143. The molecule has 0 spiro atoms. The predicted octanol–water partition coefficient (Wildman–Crippen LogP) is 4.22. The van der Waals surface area contributed by atoms with Gasteiger partial charge in [-0.2, -0.15) is 0 Å². The number of rotatable bonds is 4. The summed E-state index contributed by atoms with van der Waals surface area (Å²) in [6, 6.07) is 3.66. The molecule has 0 atom stereocenters. The van der Waals surface area contributed by atoms with E-state index in [0.717, 1.165) is 18.0 Å². The molecule has 0 unspecified atom stereocenters. The van der Waals surface area contributed by atoms with Gasteiger partial charge in [0.25, 0.3) is 0 Å². The van der Waals surface area contributed by atoms with Crippen molar-refractivity contribution < 1.29 is 13.9 Å². The van der Waals surface area contributed by atoms with E-state index < -0.39 is 0 Å². The summed E-state index contributed by atoms with van der Waals surface area (Å²) in [5, 5.41) is 4.10. The van der Waals surface area contributed by atoms with Crippen molar-refractivity contribution in [3.63, 3.8) is 0 Å². The third-order valence-electron chi connectivity index (χ3n) is 3.68. The topological polar surface area (TPSA) is 64.4 Å². The Bertz CT molecular complexity index is 665. The van der Waals surface area contributed by atoms with Crippen molar-refractivity contribution in [1.29, 1.82) is 0 Å². The van der Waals surface area contributed by atoms with Crippen molar-refractivity contribution in [2.45, 2.75) is 39.2 Å². The third kappa shape index (κ3) is 3.82. The van der Waals surface area contributed by atoms with E-state index in [1.807, 2.05) is 12.1 Å². The molecule has 2 aromatic heterocycles. The van der Waals surface area contributed by atoms with Crippen LogP contribution >= 0.6 is 11.3 Å². The van der Waals surface area contributed by atoms with Crippen molar-refractivity contribution >= 4 is 22.3 Å². The Balaban J connectivity index is 1.94. The van der Waals surface area contributed by atoms with Gasteiger partial charge in [-0.05, 0) is 45.7 Å². The number of carbonyl (C=O) groups excluding carboxylic acids is 1. The van der Waals surface area contributed by atoms with Crippen molar-refractivity contribution in [1.82, 2.24) is 4.98 Å². The number of ketones is 1. The van der Waals surface area contributed by atoms with Crippen LogP contribution in [0, 0.1) is 5.92 Å². The van der Waals surface area contributed by atoms with E-state index in [-0.39, 0.29) is 17.2 Å². The summed E-state index contributed by atoms with van der Waals surface area (Å²) in [7, 11) is 0. The Morgan fingerprint density at radius 3 is 2.70 bits per heavy atom. The van der Waals surface area contributed by atoms with Gasteiger partial charge < -0.3 is 14.5 Å². The van der Waals surface area contributed by atoms with Gasteiger partial charge in [-0.25, -0.2) is 4.98 Å². The van der Waals surface area contributed by atoms with Crippen LogP contribution in [0.25, 0.3) is 11.5 Å². The van der Waals surface area contributed by atoms with Gasteiger partial charge >= 0.3 is 0 Å². The molecule has 124 valence electrons. The first-order valence-corrected chi connectivity index (χ1v) is 8.70. The maximum absolute atomic E-state index is 12.9. The molecule has 1 N–H and O–H groups in total. The largest absolute Gasteiger partial charge is 0.463 e. The molecule has 3 heterocycles. The summed E-state index contributed by atoms with van der Waals surface area (Å²) in [6.07, 6.45) is 3.15. The highest BCUT2D eigenvalue weighted by molar-refractivity contribution is 7.18. The molecular formula is C17H22N2O3S. The van der Waals surface area contributed by atoms with Crippen LogP contribution in [0.15, 0.2) is 22.8 Å². The van der Waals surface area contributed by atoms with Gasteiger partial charge in [0.2, 0.25) is 0 Å². The van der Waals surface area contributed by atoms with E-state index in [4.69, 9.17) is 9.15 Å². The maximum atomic E-state index is 12.9. The molecule has 5 nitrogen and oxygen atoms in total. The molecule has 1 fully saturated rings. The van der Waals surface area contributed by atoms with Gasteiger partial charge in [0.15, 0.2) is 16.7 Å². The third-order valence-corrected chi connectivity index (χ3v) is 4.66. The van der Waals surface area contributed by atoms with Gasteiger partial charge in [0.05, 0.1) is 6.26 Å². The first-order chi connectivity index (χ1) is 10.9. The monoisotopic (exact) mass is 334 g/mol. The van der Waals surface area contributed by atoms with Crippen LogP contribution in [-0.2, 0) is 4.74 Å². The molecule has 1 aliphatic rings. The maximum Gasteiger partial charge on any atom is 0.184 e. The van der Waals surface area contributed by atoms with Gasteiger partial charge in [-0.1, -0.05) is 11.3 Å². The number of aromatic nitrogens is 1. The van der Waals surface area contributed by atoms with E-state index in [2.05, 4.69) is 31.1 Å². The Morgan fingerprint density at radius 2 is 2.09 bits per heavy atom. The van der Waals surface area contributed by atoms with E-state index in [1.165, 1.54) is 11.3 Å². The van der Waals surface area contributed by atoms with Crippen LogP contribution in [0.2, 0.25) is 0 Å². The molecular weight excluding hydrogens is 312 g/mol. The van der Waals surface area contributed by atoms with Crippen LogP contribution in [0.5, 0.6) is 0 Å². The van der Waals surface area contributed by atoms with E-state index in [1.54, 1.807) is 6.26 Å². The molecule has 1 saturated heterocycles. The number of nitrogens with zero attached hydrogens (tertiary/aromatic N) is 1. The van der Waals surface area contributed by atoms with E-state index >= 15 is 0 Å². The number of anilines is 1. The standard InChI is InChI=1S/C17H22N2O3S/c1-17(2,3)19-16-18-13(12-5-4-8-22-12)15(23-16)14(20)11-6-9-21-10-7-11/h4-5,8,11H,6-7,9-10H2,1-3H3,(H,18,19). The van der Waals surface area contributed by atoms with Crippen molar-refractivity contribution in [3.05, 3.63) is 23.3 Å². The Hall–Kier alpha value is -1.66. The zero-order valence-corrected chi connectivity index (χ0v) is 14.5. The van der Waals surface area contributed by atoms with Gasteiger partial charge in [-0.3, -0.25) is 4.79 Å². The number of hydrogen-bond acceptors (Lipinski definition) is 6. The van der Waals surface area contributed by atoms with Gasteiger partial charge in [0.1, 0.15) is 10.6 Å². The van der Waals surface area contributed by atoms with Crippen LogP contribution in [-0.4, -0.2) is 29.5 Å². The lowest BCUT2D eigenvalue weighted by molar-refractivity contribution is 0.0547. The number of nitrogens with one attached hydrogen (secondary N) is 1. The highest BCUT2D eigenvalue weighted by atomic mass is 32.1. The number of ether oxygens (including phenoxy) is 1. The quantitative estimate of drug-likeness (QED) is 0.848. The van der Waals surface area contributed by atoms with Crippen LogP contribution in [0.1, 0.15) is 43.3 Å². The Morgan fingerprint density at radius 1 is 1.35 bits per heavy atom. The molecule has 23 heavy (non-hydrogen) atoms. The molecule has 2 aromatic rings. The summed E-state index contributed by atoms with van der Waals surface area (Å²) in [4.78, 5) is 18.2. The van der Waals surface area contributed by atoms with Crippen LogP contribution < -0.4 is 5.32 Å². The lowest BCUT2D eigenvalue weighted by atomic mass is 9.94. The average Bonchev–Trinajstić information content (AvgIpc) is 3.14. The minimum atomic E-state index is -0.114. The Kier molecular flexibility index (Phi) is 4.55. The summed E-state index contributed by atoms with van der Waals surface area (Å²) in [6.45, 7) is 7.51. The second-order valence-corrected chi connectivity index (χ2v) is 7.80. The molecule has 0 aromatic carbocycles. The van der Waals surface area contributed by atoms with Crippen LogP contribution in [0.4, 0.5) is 5.13 Å². The second kappa shape index (κ2) is 6.45. The molecule has 0 radical (unpaired) electrons. The fraction of sp³-hybridized carbons (Fsp3) is 0.529. The molecule has 0 aliphatic carbocycles. The first-order valence-electron chi connectivity index (χ1n) is 7.89. The lowest BCUT2D eigenvalue weighted by Crippen LogP contribution is -2.25. The Labute approximate surface area is 140 Å². The summed E-state index contributed by atoms with van der Waals surface area (Å²) in [5.74, 6) is 0.804. The predicted molar refractivity (Wildman–Crippen MR) is 91.1 cm³/mol. The number of carbonyl (C=O) groups is 1. The fourth-order valence-corrected chi connectivity index (χ4v) is 3.78. The SMILES string of the molecule is CC(C)(C)Nc1nc(-c2ccco2)c(C(=O)C2CCOCC2)s1. The lowest BCUT2D eigenvalue weighted by Gasteiger charge is -2.20. The van der Waals surface area contributed by atoms with Crippen molar-refractivity contribution in [2.75, 3.05) is 18.5 Å². The highest BCUT2D eigenvalue weighted by Gasteiger charge is 2.29. The van der Waals surface area contributed by atoms with E-state index in [0.29, 0.717) is 29.5 Å². The molecule has 0 saturated carbocycles. The number of thiazole rings is 1. The zero-order valence-electron chi connectivity index (χ0n) is 13.7. The van der Waals surface area contributed by atoms with Crippen molar-refractivity contribution in [2.24, 2.45) is 5.92 Å². The zero-order chi connectivity index (χ0) is 16.4. The van der Waals surface area contributed by atoms with Gasteiger partial charge in [0, 0.05) is 24.7 Å². The summed E-state index contributed by atoms with van der Waals surface area (Å²) in [5.41, 5.74) is 0.528. The normalized spacial score (nSPS) is 16.5. The molecule has 6 heteroatoms. The molecule has 0 bridgehead atoms. The average molecular weight is 334 g/mol. The number of Topliss-reactive ketones (excluding diaryl/α,β-unsaturated/α-hetero) is 1. The first kappa shape index (κ1) is 16.2. The fourth-order valence-electron chi connectivity index (χ4n) is 2.59. The summed E-state index contributed by atoms with van der Waals surface area (Å²) < 4.78 is 10.8. The smallest absolute Gasteiger partial charge is 0.184 e. The second-order valence-electron chi connectivity index (χ2n) is 6.80. The molecule has 0 amide bonds. The van der Waals surface area contributed by atoms with Crippen LogP contribution in [0.3, 0.4) is 0 Å². The minimum Gasteiger partial charge on any atom is -0.463 e. The number of furan rings is 1. The van der Waals surface area contributed by atoms with Gasteiger partial charge in [-0.15, -0.1) is 0 Å². The highest BCUT2D eigenvalue weighted by Crippen LogP contribution is 2.35. The molecule has 1 aliphatic heterocycles. The van der Waals surface area contributed by atoms with E-state index in [9.17, 15) is 4.79 Å². The summed E-state index contributed by atoms with van der Waals surface area (Å²) >= 11 is 1.41. The number of hydrogen-bond donors (Lipinski definition) is 1.